The van der Waals surface area contributed by atoms with Gasteiger partial charge in [0.2, 0.25) is 0 Å². The van der Waals surface area contributed by atoms with Crippen molar-refractivity contribution in [2.45, 2.75) is 26.9 Å². The van der Waals surface area contributed by atoms with Gasteiger partial charge in [-0.15, -0.1) is 0 Å². The maximum atomic E-state index is 11.0. The highest BCUT2D eigenvalue weighted by Gasteiger charge is 2.09. The van der Waals surface area contributed by atoms with Crippen molar-refractivity contribution in [1.82, 2.24) is 9.88 Å². The summed E-state index contributed by atoms with van der Waals surface area (Å²) in [4.78, 5) is 17.1. The van der Waals surface area contributed by atoms with Crippen molar-refractivity contribution >= 4 is 5.97 Å². The molecule has 0 atom stereocenters. The summed E-state index contributed by atoms with van der Waals surface area (Å²) in [6.45, 7) is 5.48. The molecule has 0 bridgehead atoms. The second-order valence-electron chi connectivity index (χ2n) is 5.82. The molecule has 1 N–H and O–H groups in total. The molecule has 122 valence electrons. The lowest BCUT2D eigenvalue weighted by molar-refractivity contribution is 0.0696. The zero-order valence-corrected chi connectivity index (χ0v) is 14.0. The van der Waals surface area contributed by atoms with Crippen LogP contribution in [0.4, 0.5) is 0 Å². The van der Waals surface area contributed by atoms with Crippen LogP contribution >= 0.6 is 0 Å². The van der Waals surface area contributed by atoms with Crippen LogP contribution in [0.1, 0.15) is 32.6 Å². The molecule has 0 saturated heterocycles. The third-order valence-corrected chi connectivity index (χ3v) is 3.67. The van der Waals surface area contributed by atoms with E-state index in [1.807, 2.05) is 20.9 Å². The minimum atomic E-state index is -0.955. The van der Waals surface area contributed by atoms with E-state index in [4.69, 9.17) is 9.84 Å². The third-order valence-electron chi connectivity index (χ3n) is 3.67. The molecule has 5 nitrogen and oxygen atoms in total. The number of rotatable bonds is 6. The largest absolute Gasteiger partial charge is 0.496 e. The number of carbonyl (C=O) groups is 1. The Morgan fingerprint density at radius 1 is 1.13 bits per heavy atom. The lowest BCUT2D eigenvalue weighted by Crippen LogP contribution is -2.18. The Kier molecular flexibility index (Phi) is 5.34. The van der Waals surface area contributed by atoms with Crippen molar-refractivity contribution in [2.24, 2.45) is 0 Å². The fourth-order valence-electron chi connectivity index (χ4n) is 2.82. The van der Waals surface area contributed by atoms with E-state index in [0.717, 1.165) is 29.0 Å². The number of hydrogen-bond acceptors (Lipinski definition) is 4. The highest BCUT2D eigenvalue weighted by atomic mass is 16.5. The van der Waals surface area contributed by atoms with E-state index in [1.165, 1.54) is 11.8 Å². The van der Waals surface area contributed by atoms with Crippen molar-refractivity contribution in [3.63, 3.8) is 0 Å². The van der Waals surface area contributed by atoms with Gasteiger partial charge in [0.15, 0.2) is 0 Å². The minimum absolute atomic E-state index is 0.215. The van der Waals surface area contributed by atoms with Crippen molar-refractivity contribution in [3.05, 3.63) is 58.4 Å². The first-order chi connectivity index (χ1) is 10.9. The van der Waals surface area contributed by atoms with Gasteiger partial charge in [-0.1, -0.05) is 12.1 Å². The molecule has 0 amide bonds. The average Bonchev–Trinajstić information content (AvgIpc) is 2.47. The maximum absolute atomic E-state index is 11.0. The Balaban J connectivity index is 2.09. The molecule has 0 radical (unpaired) electrons. The van der Waals surface area contributed by atoms with Crippen LogP contribution < -0.4 is 4.74 Å². The molecule has 0 spiro atoms. The summed E-state index contributed by atoms with van der Waals surface area (Å²) in [5.74, 6) is -0.0295. The maximum Gasteiger partial charge on any atom is 0.337 e. The number of carboxylic acid groups (broad SMARTS) is 1. The van der Waals surface area contributed by atoms with Gasteiger partial charge in [-0.2, -0.15) is 0 Å². The predicted molar refractivity (Wildman–Crippen MR) is 88.8 cm³/mol. The highest BCUT2D eigenvalue weighted by Crippen LogP contribution is 2.25. The quantitative estimate of drug-likeness (QED) is 0.888. The molecule has 1 aromatic heterocycles. The monoisotopic (exact) mass is 314 g/mol. The van der Waals surface area contributed by atoms with E-state index in [9.17, 15) is 4.79 Å². The summed E-state index contributed by atoms with van der Waals surface area (Å²) >= 11 is 0. The summed E-state index contributed by atoms with van der Waals surface area (Å²) in [6.07, 6.45) is 3.06. The van der Waals surface area contributed by atoms with Gasteiger partial charge >= 0.3 is 5.97 Å². The van der Waals surface area contributed by atoms with Crippen LogP contribution in [-0.4, -0.2) is 35.1 Å². The molecule has 23 heavy (non-hydrogen) atoms. The molecule has 0 aliphatic rings. The Labute approximate surface area is 136 Å². The molecular weight excluding hydrogens is 292 g/mol. The molecule has 5 heteroatoms. The number of methoxy groups -OCH3 is 1. The molecule has 1 aromatic carbocycles. The Bertz CT molecular complexity index is 690. The van der Waals surface area contributed by atoms with E-state index in [-0.39, 0.29) is 5.56 Å². The van der Waals surface area contributed by atoms with Crippen LogP contribution in [0, 0.1) is 13.8 Å². The average molecular weight is 314 g/mol. The van der Waals surface area contributed by atoms with E-state index < -0.39 is 5.97 Å². The van der Waals surface area contributed by atoms with Gasteiger partial charge in [0, 0.05) is 25.5 Å². The SMILES string of the molecule is COc1c(C)cc(CN(C)Cc2cncc(C(=O)O)c2)cc1C. The second kappa shape index (κ2) is 7.24. The fraction of sp³-hybridized carbons (Fsp3) is 0.333. The van der Waals surface area contributed by atoms with E-state index in [1.54, 1.807) is 19.4 Å². The number of pyridine rings is 1. The van der Waals surface area contributed by atoms with Crippen LogP contribution in [0.25, 0.3) is 0 Å². The Morgan fingerprint density at radius 2 is 1.74 bits per heavy atom. The first-order valence-electron chi connectivity index (χ1n) is 7.40. The molecule has 0 aliphatic heterocycles. The van der Waals surface area contributed by atoms with Gasteiger partial charge in [-0.25, -0.2) is 4.79 Å². The van der Waals surface area contributed by atoms with Crippen LogP contribution in [-0.2, 0) is 13.1 Å². The molecule has 0 fully saturated rings. The molecule has 0 unspecified atom stereocenters. The lowest BCUT2D eigenvalue weighted by atomic mass is 10.1. The number of benzene rings is 1. The van der Waals surface area contributed by atoms with Gasteiger partial charge < -0.3 is 9.84 Å². The topological polar surface area (TPSA) is 62.7 Å². The number of aromatic nitrogens is 1. The number of carboxylic acids is 1. The van der Waals surface area contributed by atoms with Crippen LogP contribution in [0.15, 0.2) is 30.6 Å². The van der Waals surface area contributed by atoms with E-state index >= 15 is 0 Å². The van der Waals surface area contributed by atoms with E-state index in [0.29, 0.717) is 6.54 Å². The lowest BCUT2D eigenvalue weighted by Gasteiger charge is -2.18. The van der Waals surface area contributed by atoms with Crippen LogP contribution in [0.3, 0.4) is 0 Å². The smallest absolute Gasteiger partial charge is 0.337 e. The summed E-state index contributed by atoms with van der Waals surface area (Å²) < 4.78 is 5.39. The van der Waals surface area contributed by atoms with Crippen molar-refractivity contribution in [1.29, 1.82) is 0 Å². The fourth-order valence-corrected chi connectivity index (χ4v) is 2.82. The number of ether oxygens (including phenoxy) is 1. The van der Waals surface area contributed by atoms with Crippen molar-refractivity contribution < 1.29 is 14.6 Å². The molecule has 0 aliphatic carbocycles. The summed E-state index contributed by atoms with van der Waals surface area (Å²) in [5.41, 5.74) is 4.53. The summed E-state index contributed by atoms with van der Waals surface area (Å²) in [6, 6.07) is 5.90. The first kappa shape index (κ1) is 17.0. The minimum Gasteiger partial charge on any atom is -0.496 e. The molecular formula is C18H22N2O3. The van der Waals surface area contributed by atoms with Gasteiger partial charge in [0.1, 0.15) is 5.75 Å². The molecule has 2 aromatic rings. The van der Waals surface area contributed by atoms with Crippen LogP contribution in [0.2, 0.25) is 0 Å². The van der Waals surface area contributed by atoms with Crippen LogP contribution in [0.5, 0.6) is 5.75 Å². The van der Waals surface area contributed by atoms with Crippen molar-refractivity contribution in [3.8, 4) is 5.75 Å². The zero-order chi connectivity index (χ0) is 17.0. The summed E-state index contributed by atoms with van der Waals surface area (Å²) in [7, 11) is 3.69. The van der Waals surface area contributed by atoms with Gasteiger partial charge in [-0.3, -0.25) is 9.88 Å². The zero-order valence-electron chi connectivity index (χ0n) is 14.0. The second-order valence-corrected chi connectivity index (χ2v) is 5.82. The molecule has 1 heterocycles. The van der Waals surface area contributed by atoms with Gasteiger partial charge in [0.25, 0.3) is 0 Å². The number of hydrogen-bond donors (Lipinski definition) is 1. The van der Waals surface area contributed by atoms with Gasteiger partial charge in [0.05, 0.1) is 12.7 Å². The van der Waals surface area contributed by atoms with E-state index in [2.05, 4.69) is 22.0 Å². The summed E-state index contributed by atoms with van der Waals surface area (Å²) in [5, 5.41) is 9.02. The Morgan fingerprint density at radius 3 is 2.30 bits per heavy atom. The highest BCUT2D eigenvalue weighted by molar-refractivity contribution is 5.87. The number of aromatic carboxylic acids is 1. The predicted octanol–water partition coefficient (Wildman–Crippen LogP) is 3.04. The number of aryl methyl sites for hydroxylation is 2. The van der Waals surface area contributed by atoms with Crippen molar-refractivity contribution in [2.75, 3.05) is 14.2 Å². The standard InChI is InChI=1S/C18H22N2O3/c1-12-5-14(6-13(2)17(12)23-4)10-20(3)11-15-7-16(18(21)22)9-19-8-15/h5-9H,10-11H2,1-4H3,(H,21,22). The Hall–Kier alpha value is -2.40. The third kappa shape index (κ3) is 4.29. The van der Waals surface area contributed by atoms with Gasteiger partial charge in [-0.05, 0) is 49.2 Å². The molecule has 0 saturated carbocycles. The number of nitrogens with zero attached hydrogens (tertiary/aromatic N) is 2. The molecule has 2 rings (SSSR count). The first-order valence-corrected chi connectivity index (χ1v) is 7.40. The normalized spacial score (nSPS) is 10.8.